The minimum atomic E-state index is -3.32. The Bertz CT molecular complexity index is 1240. The molecular weight excluding hydrogens is 435 g/mol. The number of nitrogens with zero attached hydrogens (tertiary/aromatic N) is 2. The molecule has 0 amide bonds. The van der Waals surface area contributed by atoms with Gasteiger partial charge in [-0.3, -0.25) is 0 Å². The van der Waals surface area contributed by atoms with E-state index < -0.39 is 12.4 Å². The van der Waals surface area contributed by atoms with Crippen LogP contribution >= 0.6 is 6.83 Å². The summed E-state index contributed by atoms with van der Waals surface area (Å²) >= 11 is 0. The van der Waals surface area contributed by atoms with Crippen LogP contribution < -0.4 is 15.9 Å². The number of pyridine rings is 2. The van der Waals surface area contributed by atoms with Crippen LogP contribution in [0.4, 0.5) is 0 Å². The average Bonchev–Trinajstić information content (AvgIpc) is 2.92. The summed E-state index contributed by atoms with van der Waals surface area (Å²) in [6, 6.07) is 44.2. The summed E-state index contributed by atoms with van der Waals surface area (Å²) in [5, 5.41) is 3.65. The van der Waals surface area contributed by atoms with Crippen LogP contribution in [0.3, 0.4) is 0 Å². The van der Waals surface area contributed by atoms with Crippen molar-refractivity contribution in [3.63, 3.8) is 0 Å². The van der Waals surface area contributed by atoms with E-state index in [0.29, 0.717) is 0 Å². The van der Waals surface area contributed by atoms with Crippen molar-refractivity contribution < 1.29 is 4.52 Å². The van der Waals surface area contributed by atoms with Gasteiger partial charge in [0.1, 0.15) is 0 Å². The maximum absolute atomic E-state index is 7.64. The fraction of sp³-hybridized carbons (Fsp3) is 0.0667. The first kappa shape index (κ1) is 20.9. The van der Waals surface area contributed by atoms with Crippen LogP contribution in [0.25, 0.3) is 0 Å². The maximum atomic E-state index is 7.64. The average molecular weight is 461 g/mol. The van der Waals surface area contributed by atoms with E-state index in [-0.39, 0.29) is 0 Å². The van der Waals surface area contributed by atoms with Gasteiger partial charge in [-0.25, -0.2) is 0 Å². The van der Waals surface area contributed by atoms with E-state index in [9.17, 15) is 0 Å². The molecule has 4 heteroatoms. The zero-order valence-corrected chi connectivity index (χ0v) is 19.6. The molecule has 166 valence electrons. The van der Waals surface area contributed by atoms with Crippen molar-refractivity contribution in [2.45, 2.75) is 5.60 Å². The van der Waals surface area contributed by atoms with Crippen LogP contribution in [-0.4, -0.2) is 16.1 Å². The topological polar surface area (TPSA) is 35.0 Å². The number of hydrogen-bond donors (Lipinski definition) is 0. The number of rotatable bonds is 5. The summed E-state index contributed by atoms with van der Waals surface area (Å²) < 4.78 is 7.64. The monoisotopic (exact) mass is 460 g/mol. The van der Waals surface area contributed by atoms with Gasteiger partial charge in [0.05, 0.1) is 0 Å². The standard InChI is InChI=1S/C30H25N2OP/c1-4-14-25(15-5-1)34(26-16-6-2-7-17-26,27-18-8-3-9-19-27)24-30(33-34,28-20-10-12-22-31-28)29-21-11-13-23-32-29/h1-23H,24H2. The van der Waals surface area contributed by atoms with E-state index in [1.807, 2.05) is 36.7 Å². The molecule has 0 N–H and O–H groups in total. The Hall–Kier alpha value is -3.65. The molecule has 5 aromatic rings. The molecule has 1 aliphatic rings. The molecule has 1 aliphatic heterocycles. The van der Waals surface area contributed by atoms with Gasteiger partial charge in [-0.05, 0) is 0 Å². The molecule has 0 aliphatic carbocycles. The molecule has 3 heterocycles. The Morgan fingerprint density at radius 2 is 0.853 bits per heavy atom. The van der Waals surface area contributed by atoms with Crippen molar-refractivity contribution >= 4 is 22.7 Å². The number of hydrogen-bond acceptors (Lipinski definition) is 3. The van der Waals surface area contributed by atoms with Crippen LogP contribution in [0, 0.1) is 0 Å². The Kier molecular flexibility index (Phi) is 4.91. The summed E-state index contributed by atoms with van der Waals surface area (Å²) in [5.74, 6) is 0. The molecule has 3 aromatic carbocycles. The zero-order valence-electron chi connectivity index (χ0n) is 18.7. The first-order valence-electron chi connectivity index (χ1n) is 11.5. The van der Waals surface area contributed by atoms with Gasteiger partial charge in [0.2, 0.25) is 0 Å². The molecule has 0 unspecified atom stereocenters. The van der Waals surface area contributed by atoms with E-state index in [0.717, 1.165) is 17.5 Å². The summed E-state index contributed by atoms with van der Waals surface area (Å²) in [6.45, 7) is -3.32. The Balaban J connectivity index is 1.70. The van der Waals surface area contributed by atoms with Gasteiger partial charge in [-0.2, -0.15) is 0 Å². The Labute approximate surface area is 200 Å². The third-order valence-electron chi connectivity index (χ3n) is 6.95. The van der Waals surface area contributed by atoms with Gasteiger partial charge in [0.25, 0.3) is 0 Å². The fourth-order valence-electron chi connectivity index (χ4n) is 5.46. The molecule has 6 rings (SSSR count). The molecule has 1 fully saturated rings. The van der Waals surface area contributed by atoms with Crippen LogP contribution in [0.2, 0.25) is 0 Å². The number of aromatic nitrogens is 2. The summed E-state index contributed by atoms with van der Waals surface area (Å²) in [4.78, 5) is 9.57. The van der Waals surface area contributed by atoms with Crippen molar-refractivity contribution in [1.29, 1.82) is 0 Å². The van der Waals surface area contributed by atoms with E-state index >= 15 is 0 Å². The summed E-state index contributed by atoms with van der Waals surface area (Å²) in [5.41, 5.74) is 1.02. The fourth-order valence-corrected chi connectivity index (χ4v) is 11.7. The minimum absolute atomic E-state index is 0.748. The van der Waals surface area contributed by atoms with Gasteiger partial charge in [0.15, 0.2) is 0 Å². The predicted octanol–water partition coefficient (Wildman–Crippen LogP) is 5.20. The summed E-state index contributed by atoms with van der Waals surface area (Å²) in [7, 11) is 0. The van der Waals surface area contributed by atoms with Crippen LogP contribution in [0.15, 0.2) is 140 Å². The SMILES string of the molecule is c1ccc(P2(c3ccccc3)(c3ccccc3)CC(c3ccccn3)(c3ccccn3)O2)cc1. The molecule has 0 bridgehead atoms. The van der Waals surface area contributed by atoms with Gasteiger partial charge in [-0.15, -0.1) is 0 Å². The summed E-state index contributed by atoms with van der Waals surface area (Å²) in [6.07, 6.45) is 4.43. The molecule has 0 radical (unpaired) electrons. The Morgan fingerprint density at radius 1 is 0.500 bits per heavy atom. The Morgan fingerprint density at radius 3 is 1.18 bits per heavy atom. The van der Waals surface area contributed by atoms with Crippen molar-refractivity contribution in [2.75, 3.05) is 6.16 Å². The molecule has 3 nitrogen and oxygen atoms in total. The van der Waals surface area contributed by atoms with E-state index in [1.165, 1.54) is 15.9 Å². The van der Waals surface area contributed by atoms with Crippen molar-refractivity contribution in [1.82, 2.24) is 9.97 Å². The first-order chi connectivity index (χ1) is 16.8. The van der Waals surface area contributed by atoms with Gasteiger partial charge in [-0.1, -0.05) is 0 Å². The molecule has 2 aromatic heterocycles. The predicted molar refractivity (Wildman–Crippen MR) is 140 cm³/mol. The first-order valence-corrected chi connectivity index (χ1v) is 13.8. The van der Waals surface area contributed by atoms with Crippen molar-refractivity contribution in [3.05, 3.63) is 151 Å². The van der Waals surface area contributed by atoms with Gasteiger partial charge in [0, 0.05) is 0 Å². The van der Waals surface area contributed by atoms with Crippen molar-refractivity contribution in [3.8, 4) is 0 Å². The van der Waals surface area contributed by atoms with E-state index in [1.54, 1.807) is 0 Å². The normalized spacial score (nSPS) is 18.6. The van der Waals surface area contributed by atoms with Gasteiger partial charge < -0.3 is 0 Å². The third kappa shape index (κ3) is 2.84. The van der Waals surface area contributed by atoms with E-state index in [2.05, 4.69) is 103 Å². The van der Waals surface area contributed by atoms with Crippen LogP contribution in [0.5, 0.6) is 0 Å². The molecular formula is C30H25N2OP. The van der Waals surface area contributed by atoms with Crippen molar-refractivity contribution in [2.24, 2.45) is 0 Å². The molecule has 0 saturated carbocycles. The molecule has 0 atom stereocenters. The second-order valence-corrected chi connectivity index (χ2v) is 13.2. The van der Waals surface area contributed by atoms with Crippen LogP contribution in [-0.2, 0) is 10.1 Å². The molecule has 34 heavy (non-hydrogen) atoms. The quantitative estimate of drug-likeness (QED) is 0.339. The third-order valence-corrected chi connectivity index (χ3v) is 12.9. The van der Waals surface area contributed by atoms with Crippen LogP contribution in [0.1, 0.15) is 11.4 Å². The zero-order chi connectivity index (χ0) is 22.9. The van der Waals surface area contributed by atoms with E-state index in [4.69, 9.17) is 14.5 Å². The molecule has 0 spiro atoms. The van der Waals surface area contributed by atoms with Gasteiger partial charge >= 0.3 is 200 Å². The molecule has 1 saturated heterocycles. The second-order valence-electron chi connectivity index (χ2n) is 8.73. The number of benzene rings is 3. The second kappa shape index (κ2) is 7.99.